The fraction of sp³-hybridized carbons (Fsp3) is 0.120. The van der Waals surface area contributed by atoms with Crippen molar-refractivity contribution in [3.05, 3.63) is 76.1 Å². The Morgan fingerprint density at radius 2 is 1.73 bits per heavy atom. The van der Waals surface area contributed by atoms with E-state index in [9.17, 15) is 24.9 Å². The average molecular weight is 446 g/mol. The van der Waals surface area contributed by atoms with E-state index in [-0.39, 0.29) is 51.7 Å². The molecule has 3 aromatic carbocycles. The van der Waals surface area contributed by atoms with Gasteiger partial charge in [0, 0.05) is 17.5 Å². The molecule has 5 rings (SSSR count). The summed E-state index contributed by atoms with van der Waals surface area (Å²) in [6.45, 7) is 0. The molecule has 0 fully saturated rings. The number of phenolic OH excluding ortho intramolecular Hbond substituents is 3. The number of ether oxygens (including phenoxy) is 2. The lowest BCUT2D eigenvalue weighted by Gasteiger charge is -2.26. The van der Waals surface area contributed by atoms with Crippen molar-refractivity contribution in [2.45, 2.75) is 12.3 Å². The van der Waals surface area contributed by atoms with Gasteiger partial charge in [0.25, 0.3) is 0 Å². The first-order chi connectivity index (χ1) is 15.9. The summed E-state index contributed by atoms with van der Waals surface area (Å²) in [5.41, 5.74) is 1.41. The van der Waals surface area contributed by atoms with Crippen LogP contribution >= 0.6 is 0 Å². The molecule has 3 N–H and O–H groups in total. The van der Waals surface area contributed by atoms with Crippen LogP contribution in [0.3, 0.4) is 0 Å². The van der Waals surface area contributed by atoms with Crippen LogP contribution in [0.2, 0.25) is 0 Å². The van der Waals surface area contributed by atoms with Gasteiger partial charge >= 0.3 is 5.97 Å². The van der Waals surface area contributed by atoms with Crippen molar-refractivity contribution in [2.24, 2.45) is 0 Å². The third-order valence-corrected chi connectivity index (χ3v) is 5.75. The highest BCUT2D eigenvalue weighted by Gasteiger charge is 2.34. The SMILES string of the molecule is COc1cc([C@H]2CC(=O)Oc3cc(O)c4c(=O)c(-c5ccc(O)cc5)coc4c32)ccc1O. The first-order valence-corrected chi connectivity index (χ1v) is 10.1. The molecule has 1 aliphatic heterocycles. The Bertz CT molecular complexity index is 1470. The summed E-state index contributed by atoms with van der Waals surface area (Å²) in [7, 11) is 1.42. The third-order valence-electron chi connectivity index (χ3n) is 5.75. The van der Waals surface area contributed by atoms with E-state index in [4.69, 9.17) is 13.9 Å². The Labute approximate surface area is 186 Å². The van der Waals surface area contributed by atoms with Gasteiger partial charge in [-0.2, -0.15) is 0 Å². The summed E-state index contributed by atoms with van der Waals surface area (Å²) in [4.78, 5) is 25.6. The Balaban J connectivity index is 1.76. The summed E-state index contributed by atoms with van der Waals surface area (Å²) >= 11 is 0. The van der Waals surface area contributed by atoms with Crippen molar-refractivity contribution in [3.63, 3.8) is 0 Å². The van der Waals surface area contributed by atoms with Gasteiger partial charge in [-0.05, 0) is 35.4 Å². The quantitative estimate of drug-likeness (QED) is 0.318. The molecular formula is C25H18O8. The number of phenols is 3. The molecule has 1 aromatic heterocycles. The lowest BCUT2D eigenvalue weighted by molar-refractivity contribution is -0.135. The molecule has 0 unspecified atom stereocenters. The summed E-state index contributed by atoms with van der Waals surface area (Å²) in [5, 5.41) is 30.1. The van der Waals surface area contributed by atoms with E-state index in [0.717, 1.165) is 0 Å². The van der Waals surface area contributed by atoms with Crippen LogP contribution in [-0.4, -0.2) is 28.4 Å². The normalized spacial score (nSPS) is 15.2. The van der Waals surface area contributed by atoms with Crippen molar-refractivity contribution in [3.8, 4) is 39.9 Å². The fourth-order valence-electron chi connectivity index (χ4n) is 4.17. The van der Waals surface area contributed by atoms with Crippen LogP contribution in [0.5, 0.6) is 28.7 Å². The Morgan fingerprint density at radius 1 is 0.970 bits per heavy atom. The number of fused-ring (bicyclic) bond motifs is 3. The van der Waals surface area contributed by atoms with Crippen LogP contribution in [0.25, 0.3) is 22.1 Å². The molecule has 0 saturated carbocycles. The monoisotopic (exact) mass is 446 g/mol. The number of carbonyl (C=O) groups excluding carboxylic acids is 1. The molecule has 0 radical (unpaired) electrons. The van der Waals surface area contributed by atoms with E-state index < -0.39 is 17.3 Å². The predicted molar refractivity (Wildman–Crippen MR) is 118 cm³/mol. The lowest BCUT2D eigenvalue weighted by atomic mass is 9.84. The zero-order valence-electron chi connectivity index (χ0n) is 17.4. The minimum Gasteiger partial charge on any atom is -0.508 e. The van der Waals surface area contributed by atoms with Crippen molar-refractivity contribution in [1.82, 2.24) is 0 Å². The van der Waals surface area contributed by atoms with Gasteiger partial charge in [0.2, 0.25) is 5.43 Å². The van der Waals surface area contributed by atoms with E-state index in [1.54, 1.807) is 24.3 Å². The molecule has 2 heterocycles. The lowest BCUT2D eigenvalue weighted by Crippen LogP contribution is -2.22. The number of methoxy groups -OCH3 is 1. The molecule has 0 amide bonds. The molecule has 0 saturated heterocycles. The summed E-state index contributed by atoms with van der Waals surface area (Å²) < 4.78 is 16.4. The van der Waals surface area contributed by atoms with Gasteiger partial charge in [0.05, 0.1) is 19.1 Å². The van der Waals surface area contributed by atoms with Gasteiger partial charge in [0.15, 0.2) is 11.5 Å². The second kappa shape index (κ2) is 7.59. The fourth-order valence-corrected chi connectivity index (χ4v) is 4.17. The number of benzene rings is 3. The van der Waals surface area contributed by atoms with E-state index in [2.05, 4.69) is 0 Å². The van der Waals surface area contributed by atoms with Gasteiger partial charge in [-0.1, -0.05) is 18.2 Å². The summed E-state index contributed by atoms with van der Waals surface area (Å²) in [6.07, 6.45) is 1.24. The third kappa shape index (κ3) is 3.32. The van der Waals surface area contributed by atoms with Crippen LogP contribution in [-0.2, 0) is 4.79 Å². The average Bonchev–Trinajstić information content (AvgIpc) is 2.79. The summed E-state index contributed by atoms with van der Waals surface area (Å²) in [6, 6.07) is 12.0. The topological polar surface area (TPSA) is 126 Å². The van der Waals surface area contributed by atoms with Gasteiger partial charge in [-0.25, -0.2) is 0 Å². The van der Waals surface area contributed by atoms with Gasteiger partial charge in [-0.15, -0.1) is 0 Å². The molecule has 166 valence electrons. The molecule has 8 heteroatoms. The molecule has 1 aliphatic rings. The zero-order chi connectivity index (χ0) is 23.3. The molecule has 0 bridgehead atoms. The number of hydrogen-bond acceptors (Lipinski definition) is 8. The second-order valence-corrected chi connectivity index (χ2v) is 7.70. The smallest absolute Gasteiger partial charge is 0.312 e. The van der Waals surface area contributed by atoms with E-state index >= 15 is 0 Å². The van der Waals surface area contributed by atoms with Crippen LogP contribution in [0.15, 0.2) is 64.0 Å². The maximum absolute atomic E-state index is 13.3. The number of carbonyl (C=O) groups is 1. The highest BCUT2D eigenvalue weighted by Crippen LogP contribution is 2.46. The van der Waals surface area contributed by atoms with E-state index in [1.165, 1.54) is 37.6 Å². The first kappa shape index (κ1) is 20.4. The number of esters is 1. The molecule has 1 atom stereocenters. The maximum atomic E-state index is 13.3. The zero-order valence-corrected chi connectivity index (χ0v) is 17.4. The van der Waals surface area contributed by atoms with Gasteiger partial charge in [-0.3, -0.25) is 9.59 Å². The molecular weight excluding hydrogens is 428 g/mol. The molecule has 8 nitrogen and oxygen atoms in total. The predicted octanol–water partition coefficient (Wildman–Crippen LogP) is 4.03. The Hall–Kier alpha value is -4.46. The summed E-state index contributed by atoms with van der Waals surface area (Å²) in [5.74, 6) is -1.14. The molecule has 0 aliphatic carbocycles. The minimum atomic E-state index is -0.568. The number of hydrogen-bond donors (Lipinski definition) is 3. The molecule has 0 spiro atoms. The van der Waals surface area contributed by atoms with Crippen molar-refractivity contribution >= 4 is 16.9 Å². The standard InChI is InChI=1S/C25H18O8/c1-31-19-8-13(4-7-17(19)27)15-9-21(29)33-20-10-18(28)23-24(30)16(11-32-25(23)22(15)20)12-2-5-14(26)6-3-12/h2-8,10-11,15,26-28H,9H2,1H3/t15-/m1/s1. The first-order valence-electron chi connectivity index (χ1n) is 10.1. The van der Waals surface area contributed by atoms with Crippen LogP contribution < -0.4 is 14.9 Å². The van der Waals surface area contributed by atoms with Crippen LogP contribution in [0, 0.1) is 0 Å². The second-order valence-electron chi connectivity index (χ2n) is 7.70. The molecule has 4 aromatic rings. The van der Waals surface area contributed by atoms with Gasteiger partial charge in [0.1, 0.15) is 34.5 Å². The van der Waals surface area contributed by atoms with Crippen molar-refractivity contribution in [2.75, 3.05) is 7.11 Å². The van der Waals surface area contributed by atoms with Crippen molar-refractivity contribution < 1.29 is 34.0 Å². The maximum Gasteiger partial charge on any atom is 0.312 e. The van der Waals surface area contributed by atoms with E-state index in [0.29, 0.717) is 16.7 Å². The van der Waals surface area contributed by atoms with Gasteiger partial charge < -0.3 is 29.2 Å². The number of aromatic hydroxyl groups is 3. The molecule has 33 heavy (non-hydrogen) atoms. The number of rotatable bonds is 3. The van der Waals surface area contributed by atoms with E-state index in [1.807, 2.05) is 0 Å². The van der Waals surface area contributed by atoms with Crippen molar-refractivity contribution in [1.29, 1.82) is 0 Å². The van der Waals surface area contributed by atoms with Crippen LogP contribution in [0.1, 0.15) is 23.5 Å². The highest BCUT2D eigenvalue weighted by atomic mass is 16.5. The Kier molecular flexibility index (Phi) is 4.70. The largest absolute Gasteiger partial charge is 0.508 e. The van der Waals surface area contributed by atoms with Crippen LogP contribution in [0.4, 0.5) is 0 Å². The Morgan fingerprint density at radius 3 is 2.45 bits per heavy atom. The highest BCUT2D eigenvalue weighted by molar-refractivity contribution is 5.94. The minimum absolute atomic E-state index is 0.0375.